The van der Waals surface area contributed by atoms with Gasteiger partial charge in [0.1, 0.15) is 17.7 Å². The average Bonchev–Trinajstić information content (AvgIpc) is 3.34. The number of nitrogens with zero attached hydrogens (tertiary/aromatic N) is 5. The third-order valence-corrected chi connectivity index (χ3v) is 5.25. The number of aromatic amines is 1. The van der Waals surface area contributed by atoms with Crippen LogP contribution in [0.15, 0.2) is 36.9 Å². The van der Waals surface area contributed by atoms with Gasteiger partial charge >= 0.3 is 0 Å². The highest BCUT2D eigenvalue weighted by Gasteiger charge is 2.24. The second kappa shape index (κ2) is 6.62. The minimum absolute atomic E-state index is 0.0120. The number of hydrogen-bond donors (Lipinski definition) is 3. The first-order valence-corrected chi connectivity index (χ1v) is 9.39. The van der Waals surface area contributed by atoms with Gasteiger partial charge in [-0.2, -0.15) is 0 Å². The zero-order valence-corrected chi connectivity index (χ0v) is 15.2. The molecule has 1 aliphatic rings. The highest BCUT2D eigenvalue weighted by Crippen LogP contribution is 2.31. The molecule has 27 heavy (non-hydrogen) atoms. The summed E-state index contributed by atoms with van der Waals surface area (Å²) in [5, 5.41) is 6.95. The smallest absolute Gasteiger partial charge is 0.162 e. The first kappa shape index (κ1) is 16.2. The van der Waals surface area contributed by atoms with E-state index < -0.39 is 0 Å². The van der Waals surface area contributed by atoms with Gasteiger partial charge in [0.2, 0.25) is 0 Å². The monoisotopic (exact) mass is 362 g/mol. The van der Waals surface area contributed by atoms with Crippen LogP contribution in [0.3, 0.4) is 0 Å². The van der Waals surface area contributed by atoms with Crippen molar-refractivity contribution in [3.05, 3.63) is 42.7 Å². The molecule has 1 fully saturated rings. The molecule has 0 saturated carbocycles. The molecule has 0 amide bonds. The average molecular weight is 362 g/mol. The lowest BCUT2D eigenvalue weighted by Gasteiger charge is -2.28. The van der Waals surface area contributed by atoms with Crippen LogP contribution in [0, 0.1) is 0 Å². The van der Waals surface area contributed by atoms with E-state index in [0.717, 1.165) is 54.3 Å². The number of aromatic nitrogens is 6. The minimum Gasteiger partial charge on any atom is -0.358 e. The lowest BCUT2D eigenvalue weighted by atomic mass is 10.1. The lowest BCUT2D eigenvalue weighted by Crippen LogP contribution is -2.30. The molecule has 1 aliphatic heterocycles. The number of hydrogen-bond acceptors (Lipinski definition) is 6. The van der Waals surface area contributed by atoms with Crippen molar-refractivity contribution in [2.45, 2.75) is 31.8 Å². The summed E-state index contributed by atoms with van der Waals surface area (Å²) >= 11 is 0. The van der Waals surface area contributed by atoms with Crippen LogP contribution in [-0.4, -0.2) is 42.6 Å². The van der Waals surface area contributed by atoms with E-state index in [0.29, 0.717) is 6.04 Å². The van der Waals surface area contributed by atoms with Crippen LogP contribution in [0.5, 0.6) is 0 Å². The Kier molecular flexibility index (Phi) is 3.97. The molecular weight excluding hydrogens is 340 g/mol. The Hall–Kier alpha value is -3.00. The van der Waals surface area contributed by atoms with E-state index in [4.69, 9.17) is 4.98 Å². The lowest BCUT2D eigenvalue weighted by molar-refractivity contribution is 0.364. The predicted octanol–water partition coefficient (Wildman–Crippen LogP) is 2.80. The maximum absolute atomic E-state index is 4.96. The fraction of sp³-hybridized carbons (Fsp3) is 0.368. The molecule has 0 spiro atoms. The van der Waals surface area contributed by atoms with Crippen molar-refractivity contribution in [1.82, 2.24) is 34.8 Å². The molecule has 5 rings (SSSR count). The molecular formula is C19H22N8. The number of piperidine rings is 1. The molecule has 1 saturated heterocycles. The van der Waals surface area contributed by atoms with Crippen molar-refractivity contribution in [1.29, 1.82) is 0 Å². The highest BCUT2D eigenvalue weighted by atomic mass is 15.2. The minimum atomic E-state index is -0.0120. The van der Waals surface area contributed by atoms with Crippen LogP contribution < -0.4 is 10.6 Å². The summed E-state index contributed by atoms with van der Waals surface area (Å²) in [5.74, 6) is 1.75. The van der Waals surface area contributed by atoms with Gasteiger partial charge in [0.15, 0.2) is 11.5 Å². The van der Waals surface area contributed by atoms with Gasteiger partial charge in [0, 0.05) is 6.04 Å². The zero-order chi connectivity index (χ0) is 18.2. The van der Waals surface area contributed by atoms with Gasteiger partial charge < -0.3 is 20.2 Å². The third kappa shape index (κ3) is 2.82. The molecule has 0 bridgehead atoms. The van der Waals surface area contributed by atoms with Crippen molar-refractivity contribution in [2.75, 3.05) is 18.4 Å². The van der Waals surface area contributed by atoms with Crippen LogP contribution in [0.4, 0.5) is 5.82 Å². The number of fused-ring (bicyclic) bond motifs is 2. The Balaban J connectivity index is 1.56. The normalized spacial score (nSPS) is 16.8. The standard InChI is InChI=1S/C19H22N8/c1-12(25-18-16-17(22-10-21-16)23-11-24-18)19-26-14-4-2-3-5-15(14)27(19)13-6-8-20-9-7-13/h2-5,10-13,20H,6-9H2,1H3,(H2,21,22,23,24,25). The Morgan fingerprint density at radius 1 is 1.15 bits per heavy atom. The van der Waals surface area contributed by atoms with Crippen molar-refractivity contribution in [3.8, 4) is 0 Å². The largest absolute Gasteiger partial charge is 0.358 e. The number of benzene rings is 1. The molecule has 3 N–H and O–H groups in total. The number of nitrogens with one attached hydrogen (secondary N) is 3. The summed E-state index contributed by atoms with van der Waals surface area (Å²) in [6.07, 6.45) is 5.40. The van der Waals surface area contributed by atoms with Gasteiger partial charge in [-0.25, -0.2) is 19.9 Å². The molecule has 0 aliphatic carbocycles. The number of para-hydroxylation sites is 2. The Morgan fingerprint density at radius 3 is 2.89 bits per heavy atom. The van der Waals surface area contributed by atoms with E-state index in [2.05, 4.69) is 60.3 Å². The summed E-state index contributed by atoms with van der Waals surface area (Å²) in [6.45, 7) is 4.20. The second-order valence-corrected chi connectivity index (χ2v) is 7.00. The zero-order valence-electron chi connectivity index (χ0n) is 15.2. The van der Waals surface area contributed by atoms with Gasteiger partial charge in [0.05, 0.1) is 23.4 Å². The van der Waals surface area contributed by atoms with Crippen molar-refractivity contribution in [3.63, 3.8) is 0 Å². The molecule has 8 heteroatoms. The summed E-state index contributed by atoms with van der Waals surface area (Å²) in [4.78, 5) is 20.9. The van der Waals surface area contributed by atoms with Gasteiger partial charge in [-0.1, -0.05) is 12.1 Å². The van der Waals surface area contributed by atoms with Crippen molar-refractivity contribution >= 4 is 28.0 Å². The van der Waals surface area contributed by atoms with Gasteiger partial charge in [-0.05, 0) is 45.0 Å². The number of H-pyrrole nitrogens is 1. The van der Waals surface area contributed by atoms with Crippen LogP contribution in [0.2, 0.25) is 0 Å². The maximum atomic E-state index is 4.96. The molecule has 4 aromatic rings. The summed E-state index contributed by atoms with van der Waals surface area (Å²) in [5.41, 5.74) is 3.70. The summed E-state index contributed by atoms with van der Waals surface area (Å²) < 4.78 is 2.41. The van der Waals surface area contributed by atoms with E-state index in [9.17, 15) is 0 Å². The van der Waals surface area contributed by atoms with Gasteiger partial charge in [0.25, 0.3) is 0 Å². The molecule has 138 valence electrons. The quantitative estimate of drug-likeness (QED) is 0.517. The molecule has 8 nitrogen and oxygen atoms in total. The molecule has 4 heterocycles. The molecule has 3 aromatic heterocycles. The number of rotatable bonds is 4. The van der Waals surface area contributed by atoms with E-state index in [1.165, 1.54) is 5.52 Å². The Bertz CT molecular complexity index is 1080. The SMILES string of the molecule is CC(Nc1ncnc2[nH]cnc12)c1nc2ccccc2n1C1CCNCC1. The summed E-state index contributed by atoms with van der Waals surface area (Å²) in [7, 11) is 0. The van der Waals surface area contributed by atoms with Crippen LogP contribution >= 0.6 is 0 Å². The van der Waals surface area contributed by atoms with Gasteiger partial charge in [-0.15, -0.1) is 0 Å². The van der Waals surface area contributed by atoms with E-state index in [1.54, 1.807) is 12.7 Å². The number of imidazole rings is 2. The van der Waals surface area contributed by atoms with E-state index >= 15 is 0 Å². The highest BCUT2D eigenvalue weighted by molar-refractivity contribution is 5.82. The Labute approximate surface area is 156 Å². The van der Waals surface area contributed by atoms with Crippen molar-refractivity contribution in [2.24, 2.45) is 0 Å². The predicted molar refractivity (Wildman–Crippen MR) is 105 cm³/mol. The topological polar surface area (TPSA) is 96.3 Å². The van der Waals surface area contributed by atoms with Crippen LogP contribution in [0.25, 0.3) is 22.2 Å². The third-order valence-electron chi connectivity index (χ3n) is 5.25. The van der Waals surface area contributed by atoms with E-state index in [1.807, 2.05) is 6.07 Å². The molecule has 1 aromatic carbocycles. The van der Waals surface area contributed by atoms with Crippen LogP contribution in [0.1, 0.15) is 37.7 Å². The molecule has 1 unspecified atom stereocenters. The van der Waals surface area contributed by atoms with Crippen LogP contribution in [-0.2, 0) is 0 Å². The molecule has 0 radical (unpaired) electrons. The first-order valence-electron chi connectivity index (χ1n) is 9.39. The first-order chi connectivity index (χ1) is 13.3. The number of anilines is 1. The Morgan fingerprint density at radius 2 is 2.00 bits per heavy atom. The molecule has 1 atom stereocenters. The van der Waals surface area contributed by atoms with E-state index in [-0.39, 0.29) is 6.04 Å². The summed E-state index contributed by atoms with van der Waals surface area (Å²) in [6, 6.07) is 8.82. The maximum Gasteiger partial charge on any atom is 0.162 e. The second-order valence-electron chi connectivity index (χ2n) is 7.00. The fourth-order valence-electron chi connectivity index (χ4n) is 3.96. The van der Waals surface area contributed by atoms with Gasteiger partial charge in [-0.3, -0.25) is 0 Å². The fourth-order valence-corrected chi connectivity index (χ4v) is 3.96. The van der Waals surface area contributed by atoms with Crippen molar-refractivity contribution < 1.29 is 0 Å².